The molecule has 1 heterocycles. The van der Waals surface area contributed by atoms with Gasteiger partial charge in [0, 0.05) is 43.0 Å². The Labute approximate surface area is 281 Å². The highest BCUT2D eigenvalue weighted by molar-refractivity contribution is 7.90. The van der Waals surface area contributed by atoms with E-state index in [1.54, 1.807) is 24.3 Å². The fourth-order valence-electron chi connectivity index (χ4n) is 9.68. The molecule has 248 valence electrons. The third-order valence-electron chi connectivity index (χ3n) is 11.3. The molecule has 0 unspecified atom stereocenters. The van der Waals surface area contributed by atoms with E-state index in [4.69, 9.17) is 0 Å². The Morgan fingerprint density at radius 3 is 2.06 bits per heavy atom. The zero-order chi connectivity index (χ0) is 33.0. The summed E-state index contributed by atoms with van der Waals surface area (Å²) in [5.74, 6) is 1.60. The first-order chi connectivity index (χ1) is 23.1. The maximum atomic E-state index is 13.8. The largest absolute Gasteiger partial charge is 0.508 e. The SMILES string of the molecule is O=C(NS(=O)(=O)CC12CC3CC(CC(C3)C1)C2)c1ccc(N2CCN(C(=O)c3ccc(-c4cccc(O)c4)c4ccccc34)CC2)cc1. The summed E-state index contributed by atoms with van der Waals surface area (Å²) in [6.45, 7) is 2.37. The average molecular weight is 664 g/mol. The summed E-state index contributed by atoms with van der Waals surface area (Å²) in [5, 5.41) is 11.8. The molecule has 1 saturated heterocycles. The van der Waals surface area contributed by atoms with Gasteiger partial charge in [-0.05, 0) is 126 Å². The monoisotopic (exact) mass is 663 g/mol. The number of phenolic OH excluding ortho intramolecular Hbond substituents is 1. The molecule has 4 saturated carbocycles. The standard InChI is InChI=1S/C39H41N3O5S/c43-32-5-3-4-30(21-32)33-12-13-36(35-7-2-1-6-34(33)35)38(45)42-16-14-41(15-17-42)31-10-8-29(9-11-31)37(44)40-48(46,47)25-39-22-26-18-27(23-39)20-28(19-26)24-39/h1-13,21,26-28,43H,14-20,22-25H2,(H,40,44). The molecule has 8 nitrogen and oxygen atoms in total. The van der Waals surface area contributed by atoms with E-state index in [0.29, 0.717) is 55.1 Å². The number of carbonyl (C=O) groups excluding carboxylic acids is 2. The highest BCUT2D eigenvalue weighted by atomic mass is 32.2. The van der Waals surface area contributed by atoms with Crippen molar-refractivity contribution in [1.82, 2.24) is 9.62 Å². The van der Waals surface area contributed by atoms with E-state index in [0.717, 1.165) is 46.8 Å². The van der Waals surface area contributed by atoms with E-state index in [1.165, 1.54) is 19.3 Å². The molecule has 9 rings (SSSR count). The van der Waals surface area contributed by atoms with E-state index >= 15 is 0 Å². The number of rotatable bonds is 7. The summed E-state index contributed by atoms with van der Waals surface area (Å²) in [6, 6.07) is 25.9. The predicted octanol–water partition coefficient (Wildman–Crippen LogP) is 6.45. The Bertz CT molecular complexity index is 1960. The second kappa shape index (κ2) is 11.9. The summed E-state index contributed by atoms with van der Waals surface area (Å²) in [4.78, 5) is 30.9. The predicted molar refractivity (Wildman–Crippen MR) is 187 cm³/mol. The number of nitrogens with one attached hydrogen (secondary N) is 1. The van der Waals surface area contributed by atoms with Crippen LogP contribution in [0.5, 0.6) is 5.75 Å². The summed E-state index contributed by atoms with van der Waals surface area (Å²) in [5.41, 5.74) is 3.58. The van der Waals surface area contributed by atoms with Crippen molar-refractivity contribution in [2.45, 2.75) is 38.5 Å². The van der Waals surface area contributed by atoms with Gasteiger partial charge in [0.1, 0.15) is 5.75 Å². The van der Waals surface area contributed by atoms with Crippen LogP contribution in [0.15, 0.2) is 84.9 Å². The lowest BCUT2D eigenvalue weighted by atomic mass is 9.50. The fourth-order valence-corrected chi connectivity index (χ4v) is 11.3. The van der Waals surface area contributed by atoms with E-state index in [-0.39, 0.29) is 22.8 Å². The van der Waals surface area contributed by atoms with Crippen molar-refractivity contribution in [2.24, 2.45) is 23.2 Å². The minimum Gasteiger partial charge on any atom is -0.508 e. The van der Waals surface area contributed by atoms with Gasteiger partial charge in [-0.3, -0.25) is 9.59 Å². The van der Waals surface area contributed by atoms with Crippen molar-refractivity contribution in [1.29, 1.82) is 0 Å². The normalized spacial score (nSPS) is 25.0. The summed E-state index contributed by atoms with van der Waals surface area (Å²) in [7, 11) is -3.75. The zero-order valence-corrected chi connectivity index (χ0v) is 27.8. The van der Waals surface area contributed by atoms with Gasteiger partial charge in [-0.2, -0.15) is 0 Å². The quantitative estimate of drug-likeness (QED) is 0.235. The van der Waals surface area contributed by atoms with Gasteiger partial charge in [0.25, 0.3) is 11.8 Å². The van der Waals surface area contributed by atoms with Gasteiger partial charge in [-0.1, -0.05) is 42.5 Å². The molecule has 0 aromatic heterocycles. The molecule has 0 atom stereocenters. The highest BCUT2D eigenvalue weighted by Gasteiger charge is 2.52. The molecule has 5 aliphatic rings. The number of carbonyl (C=O) groups is 2. The Hall–Kier alpha value is -4.37. The molecule has 4 aromatic carbocycles. The number of benzene rings is 4. The number of anilines is 1. The molecule has 2 amide bonds. The molecule has 4 aliphatic carbocycles. The van der Waals surface area contributed by atoms with Gasteiger partial charge in [0.2, 0.25) is 10.0 Å². The molecule has 4 bridgehead atoms. The van der Waals surface area contributed by atoms with Crippen LogP contribution in [0.25, 0.3) is 21.9 Å². The van der Waals surface area contributed by atoms with Crippen molar-refractivity contribution in [3.05, 3.63) is 96.1 Å². The maximum absolute atomic E-state index is 13.8. The minimum absolute atomic E-state index is 0.0184. The van der Waals surface area contributed by atoms with Crippen LogP contribution in [0.4, 0.5) is 5.69 Å². The van der Waals surface area contributed by atoms with E-state index < -0.39 is 15.9 Å². The topological polar surface area (TPSA) is 107 Å². The third-order valence-corrected chi connectivity index (χ3v) is 12.8. The Morgan fingerprint density at radius 1 is 0.771 bits per heavy atom. The molecule has 4 aromatic rings. The molecule has 2 N–H and O–H groups in total. The highest BCUT2D eigenvalue weighted by Crippen LogP contribution is 2.60. The van der Waals surface area contributed by atoms with Crippen LogP contribution in [0.3, 0.4) is 0 Å². The molecule has 48 heavy (non-hydrogen) atoms. The molecule has 9 heteroatoms. The average Bonchev–Trinajstić information content (AvgIpc) is 3.06. The number of sulfonamides is 1. The van der Waals surface area contributed by atoms with Crippen LogP contribution in [0.1, 0.15) is 59.2 Å². The van der Waals surface area contributed by atoms with Gasteiger partial charge < -0.3 is 14.9 Å². The third kappa shape index (κ3) is 5.93. The summed E-state index contributed by atoms with van der Waals surface area (Å²) in [6.07, 6.45) is 6.67. The van der Waals surface area contributed by atoms with Crippen LogP contribution in [-0.4, -0.2) is 62.2 Å². The Kier molecular flexibility index (Phi) is 7.70. The summed E-state index contributed by atoms with van der Waals surface area (Å²) >= 11 is 0. The molecular formula is C39H41N3O5S. The lowest BCUT2D eigenvalue weighted by Crippen LogP contribution is -2.51. The van der Waals surface area contributed by atoms with Crippen LogP contribution >= 0.6 is 0 Å². The smallest absolute Gasteiger partial charge is 0.264 e. The van der Waals surface area contributed by atoms with Crippen LogP contribution in [0.2, 0.25) is 0 Å². The number of fused-ring (bicyclic) bond motifs is 1. The maximum Gasteiger partial charge on any atom is 0.264 e. The summed E-state index contributed by atoms with van der Waals surface area (Å²) < 4.78 is 28.7. The van der Waals surface area contributed by atoms with Crippen molar-refractivity contribution in [2.75, 3.05) is 36.8 Å². The Morgan fingerprint density at radius 2 is 1.42 bits per heavy atom. The number of phenols is 1. The number of aromatic hydroxyl groups is 1. The molecule has 5 fully saturated rings. The van der Waals surface area contributed by atoms with Crippen LogP contribution < -0.4 is 9.62 Å². The number of piperazine rings is 1. The van der Waals surface area contributed by atoms with Crippen LogP contribution in [0, 0.1) is 23.2 Å². The first-order valence-electron chi connectivity index (χ1n) is 17.1. The molecule has 0 spiro atoms. The number of hydrogen-bond acceptors (Lipinski definition) is 6. The van der Waals surface area contributed by atoms with E-state index in [9.17, 15) is 23.1 Å². The zero-order valence-electron chi connectivity index (χ0n) is 27.0. The van der Waals surface area contributed by atoms with E-state index in [2.05, 4.69) is 9.62 Å². The molecule has 0 radical (unpaired) electrons. The first kappa shape index (κ1) is 30.9. The van der Waals surface area contributed by atoms with Gasteiger partial charge in [-0.15, -0.1) is 0 Å². The Balaban J connectivity index is 0.899. The fraction of sp³-hybridized carbons (Fsp3) is 0.385. The lowest BCUT2D eigenvalue weighted by molar-refractivity contribution is -0.0391. The number of hydrogen-bond donors (Lipinski definition) is 2. The second-order valence-corrected chi connectivity index (χ2v) is 16.4. The van der Waals surface area contributed by atoms with E-state index in [1.807, 2.05) is 65.6 Å². The lowest BCUT2D eigenvalue weighted by Gasteiger charge is -2.56. The minimum atomic E-state index is -3.75. The van der Waals surface area contributed by atoms with Gasteiger partial charge in [-0.25, -0.2) is 13.1 Å². The van der Waals surface area contributed by atoms with Crippen molar-refractivity contribution < 1.29 is 23.1 Å². The molecule has 1 aliphatic heterocycles. The van der Waals surface area contributed by atoms with Crippen molar-refractivity contribution in [3.63, 3.8) is 0 Å². The number of nitrogens with zero attached hydrogens (tertiary/aromatic N) is 2. The van der Waals surface area contributed by atoms with Gasteiger partial charge in [0.15, 0.2) is 0 Å². The van der Waals surface area contributed by atoms with Crippen molar-refractivity contribution >= 4 is 38.3 Å². The second-order valence-electron chi connectivity index (χ2n) is 14.7. The number of amides is 2. The van der Waals surface area contributed by atoms with Crippen molar-refractivity contribution in [3.8, 4) is 16.9 Å². The first-order valence-corrected chi connectivity index (χ1v) is 18.8. The molecular weight excluding hydrogens is 623 g/mol. The van der Waals surface area contributed by atoms with Crippen LogP contribution in [-0.2, 0) is 10.0 Å². The van der Waals surface area contributed by atoms with Gasteiger partial charge in [0.05, 0.1) is 5.75 Å². The van der Waals surface area contributed by atoms with Gasteiger partial charge >= 0.3 is 0 Å².